The number of esters is 1. The lowest BCUT2D eigenvalue weighted by molar-refractivity contribution is 0.0522. The predicted octanol–water partition coefficient (Wildman–Crippen LogP) is 1.13. The predicted molar refractivity (Wildman–Crippen MR) is 62.4 cm³/mol. The van der Waals surface area contributed by atoms with Crippen molar-refractivity contribution in [3.8, 4) is 5.82 Å². The molecule has 88 valence electrons. The van der Waals surface area contributed by atoms with Crippen molar-refractivity contribution in [2.75, 3.05) is 6.61 Å². The van der Waals surface area contributed by atoms with Gasteiger partial charge in [-0.3, -0.25) is 0 Å². The Morgan fingerprint density at radius 1 is 1.59 bits per heavy atom. The Balaban J connectivity index is 2.37. The van der Waals surface area contributed by atoms with Gasteiger partial charge in [-0.1, -0.05) is 0 Å². The van der Waals surface area contributed by atoms with Gasteiger partial charge in [0.25, 0.3) is 0 Å². The number of rotatable bonds is 3. The van der Waals surface area contributed by atoms with E-state index in [0.717, 1.165) is 0 Å². The zero-order valence-corrected chi connectivity index (χ0v) is 9.96. The standard InChI is InChI=1S/C10H10N4O2S/c1-2-16-10(15)7-6-12-14(9(7)17)8-4-3-5-11-13-8/h3-6,17H,2H2,1H3. The highest BCUT2D eigenvalue weighted by atomic mass is 32.1. The Bertz CT molecular complexity index is 526. The molecule has 0 spiro atoms. The Morgan fingerprint density at radius 2 is 2.41 bits per heavy atom. The second-order valence-electron chi connectivity index (χ2n) is 3.10. The molecule has 0 amide bonds. The summed E-state index contributed by atoms with van der Waals surface area (Å²) in [5, 5.41) is 12.0. The highest BCUT2D eigenvalue weighted by Crippen LogP contribution is 2.17. The van der Waals surface area contributed by atoms with Gasteiger partial charge in [0, 0.05) is 6.20 Å². The summed E-state index contributed by atoms with van der Waals surface area (Å²) in [6.45, 7) is 2.05. The molecule has 0 radical (unpaired) electrons. The van der Waals surface area contributed by atoms with Crippen LogP contribution in [0.2, 0.25) is 0 Å². The summed E-state index contributed by atoms with van der Waals surface area (Å²) in [5.74, 6) is 0.0423. The quantitative estimate of drug-likeness (QED) is 0.653. The first kappa shape index (κ1) is 11.6. The van der Waals surface area contributed by atoms with Gasteiger partial charge in [-0.15, -0.1) is 17.7 Å². The number of carbonyl (C=O) groups excluding carboxylic acids is 1. The van der Waals surface area contributed by atoms with Gasteiger partial charge in [-0.05, 0) is 19.1 Å². The van der Waals surface area contributed by atoms with Gasteiger partial charge in [0.05, 0.1) is 12.8 Å². The van der Waals surface area contributed by atoms with Crippen LogP contribution >= 0.6 is 12.6 Å². The fourth-order valence-electron chi connectivity index (χ4n) is 1.27. The smallest absolute Gasteiger partial charge is 0.342 e. The van der Waals surface area contributed by atoms with Crippen LogP contribution in [0.1, 0.15) is 17.3 Å². The number of nitrogens with zero attached hydrogens (tertiary/aromatic N) is 4. The molecule has 0 unspecified atom stereocenters. The number of thiol groups is 1. The largest absolute Gasteiger partial charge is 0.462 e. The van der Waals surface area contributed by atoms with E-state index in [4.69, 9.17) is 4.74 Å². The maximum absolute atomic E-state index is 11.5. The van der Waals surface area contributed by atoms with Gasteiger partial charge in [0.15, 0.2) is 5.82 Å². The number of hydrogen-bond donors (Lipinski definition) is 1. The Labute approximate surface area is 103 Å². The molecule has 6 nitrogen and oxygen atoms in total. The minimum absolute atomic E-state index is 0.306. The van der Waals surface area contributed by atoms with Crippen molar-refractivity contribution in [3.63, 3.8) is 0 Å². The van der Waals surface area contributed by atoms with Gasteiger partial charge in [0.2, 0.25) is 0 Å². The first-order chi connectivity index (χ1) is 8.24. The molecule has 0 N–H and O–H groups in total. The van der Waals surface area contributed by atoms with Crippen LogP contribution < -0.4 is 0 Å². The first-order valence-electron chi connectivity index (χ1n) is 4.96. The third-order valence-electron chi connectivity index (χ3n) is 2.01. The molecule has 2 heterocycles. The van der Waals surface area contributed by atoms with Gasteiger partial charge >= 0.3 is 5.97 Å². The van der Waals surface area contributed by atoms with Crippen molar-refractivity contribution in [1.82, 2.24) is 20.0 Å². The van der Waals surface area contributed by atoms with Crippen molar-refractivity contribution < 1.29 is 9.53 Å². The maximum Gasteiger partial charge on any atom is 0.342 e. The third-order valence-corrected chi connectivity index (χ3v) is 2.44. The fourth-order valence-corrected chi connectivity index (χ4v) is 1.57. The molecule has 17 heavy (non-hydrogen) atoms. The molecule has 0 aliphatic carbocycles. The van der Waals surface area contributed by atoms with Crippen molar-refractivity contribution >= 4 is 18.6 Å². The summed E-state index contributed by atoms with van der Waals surface area (Å²) in [5.41, 5.74) is 0.306. The Kier molecular flexibility index (Phi) is 3.38. The molecule has 0 aliphatic rings. The van der Waals surface area contributed by atoms with Crippen LogP contribution in [0.3, 0.4) is 0 Å². The average Bonchev–Trinajstić information content (AvgIpc) is 2.72. The van der Waals surface area contributed by atoms with E-state index in [1.807, 2.05) is 0 Å². The number of aromatic nitrogens is 4. The molecule has 0 saturated carbocycles. The van der Waals surface area contributed by atoms with E-state index in [0.29, 0.717) is 23.0 Å². The van der Waals surface area contributed by atoms with Crippen LogP contribution in [-0.4, -0.2) is 32.6 Å². The fraction of sp³-hybridized carbons (Fsp3) is 0.200. The Hall–Kier alpha value is -1.89. The number of hydrogen-bond acceptors (Lipinski definition) is 6. The number of ether oxygens (including phenoxy) is 1. The van der Waals surface area contributed by atoms with E-state index in [1.165, 1.54) is 10.9 Å². The summed E-state index contributed by atoms with van der Waals surface area (Å²) in [6, 6.07) is 3.44. The second-order valence-corrected chi connectivity index (χ2v) is 3.52. The lowest BCUT2D eigenvalue weighted by Gasteiger charge is -2.02. The molecule has 0 atom stereocenters. The van der Waals surface area contributed by atoms with Crippen molar-refractivity contribution in [3.05, 3.63) is 30.1 Å². The average molecular weight is 250 g/mol. The molecule has 0 bridgehead atoms. The molecule has 0 aliphatic heterocycles. The van der Waals surface area contributed by atoms with Gasteiger partial charge in [-0.25, -0.2) is 9.48 Å². The summed E-state index contributed by atoms with van der Waals surface area (Å²) < 4.78 is 6.30. The van der Waals surface area contributed by atoms with E-state index in [9.17, 15) is 4.79 Å². The zero-order chi connectivity index (χ0) is 12.3. The van der Waals surface area contributed by atoms with Crippen molar-refractivity contribution in [2.24, 2.45) is 0 Å². The normalized spacial score (nSPS) is 10.2. The summed E-state index contributed by atoms with van der Waals surface area (Å²) in [4.78, 5) is 11.5. The molecule has 0 fully saturated rings. The summed E-state index contributed by atoms with van der Waals surface area (Å²) >= 11 is 4.24. The van der Waals surface area contributed by atoms with Crippen LogP contribution in [0.4, 0.5) is 0 Å². The monoisotopic (exact) mass is 250 g/mol. The van der Waals surface area contributed by atoms with Crippen LogP contribution in [0.5, 0.6) is 0 Å². The molecule has 2 rings (SSSR count). The van der Waals surface area contributed by atoms with E-state index in [1.54, 1.807) is 25.3 Å². The van der Waals surface area contributed by atoms with Crippen LogP contribution in [0.25, 0.3) is 5.82 Å². The summed E-state index contributed by atoms with van der Waals surface area (Å²) in [7, 11) is 0. The van der Waals surface area contributed by atoms with Crippen molar-refractivity contribution in [2.45, 2.75) is 11.9 Å². The van der Waals surface area contributed by atoms with Crippen LogP contribution in [0, 0.1) is 0 Å². The van der Waals surface area contributed by atoms with E-state index in [-0.39, 0.29) is 0 Å². The van der Waals surface area contributed by atoms with Gasteiger partial charge in [0.1, 0.15) is 10.6 Å². The number of carbonyl (C=O) groups is 1. The zero-order valence-electron chi connectivity index (χ0n) is 9.07. The molecule has 0 aromatic carbocycles. The lowest BCUT2D eigenvalue weighted by Crippen LogP contribution is -2.06. The van der Waals surface area contributed by atoms with Crippen molar-refractivity contribution in [1.29, 1.82) is 0 Å². The minimum atomic E-state index is -0.451. The molecular weight excluding hydrogens is 240 g/mol. The first-order valence-corrected chi connectivity index (χ1v) is 5.41. The molecule has 2 aromatic rings. The third kappa shape index (κ3) is 2.28. The van der Waals surface area contributed by atoms with E-state index < -0.39 is 5.97 Å². The SMILES string of the molecule is CCOC(=O)c1cnn(-c2cccnn2)c1S. The molecule has 2 aromatic heterocycles. The topological polar surface area (TPSA) is 69.9 Å². The summed E-state index contributed by atoms with van der Waals surface area (Å²) in [6.07, 6.45) is 2.95. The lowest BCUT2D eigenvalue weighted by atomic mass is 10.4. The van der Waals surface area contributed by atoms with E-state index >= 15 is 0 Å². The minimum Gasteiger partial charge on any atom is -0.462 e. The molecular formula is C10H10N4O2S. The molecule has 0 saturated heterocycles. The van der Waals surface area contributed by atoms with E-state index in [2.05, 4.69) is 27.9 Å². The highest BCUT2D eigenvalue weighted by Gasteiger charge is 2.17. The second kappa shape index (κ2) is 4.96. The van der Waals surface area contributed by atoms with Gasteiger partial charge < -0.3 is 4.74 Å². The Morgan fingerprint density at radius 3 is 3.06 bits per heavy atom. The maximum atomic E-state index is 11.5. The van der Waals surface area contributed by atoms with Crippen LogP contribution in [0.15, 0.2) is 29.6 Å². The highest BCUT2D eigenvalue weighted by molar-refractivity contribution is 7.80. The van der Waals surface area contributed by atoms with Crippen LogP contribution in [-0.2, 0) is 4.74 Å². The van der Waals surface area contributed by atoms with Gasteiger partial charge in [-0.2, -0.15) is 10.2 Å². The molecule has 7 heteroatoms.